The summed E-state index contributed by atoms with van der Waals surface area (Å²) >= 11 is 0. The van der Waals surface area contributed by atoms with Gasteiger partial charge in [0.15, 0.2) is 10.7 Å². The number of aryl methyl sites for hydroxylation is 1. The summed E-state index contributed by atoms with van der Waals surface area (Å²) in [6.45, 7) is 1.92. The SMILES string of the molecule is Cc1ccc([SH](=O)=O)cc1.c1ccc2[nH]ccc2c1. The number of hydrogen-bond donors (Lipinski definition) is 2. The number of aromatic nitrogens is 1. The van der Waals surface area contributed by atoms with Gasteiger partial charge in [-0.2, -0.15) is 0 Å². The van der Waals surface area contributed by atoms with Gasteiger partial charge >= 0.3 is 0 Å². The van der Waals surface area contributed by atoms with Crippen molar-refractivity contribution in [3.63, 3.8) is 0 Å². The van der Waals surface area contributed by atoms with Crippen molar-refractivity contribution in [2.45, 2.75) is 11.8 Å². The van der Waals surface area contributed by atoms with Crippen molar-refractivity contribution in [3.05, 3.63) is 66.4 Å². The lowest BCUT2D eigenvalue weighted by Gasteiger charge is -1.90. The van der Waals surface area contributed by atoms with Crippen molar-refractivity contribution in [2.75, 3.05) is 0 Å². The Balaban J connectivity index is 0.000000141. The molecule has 1 heterocycles. The van der Waals surface area contributed by atoms with Crippen LogP contribution in [0.5, 0.6) is 0 Å². The second-order valence-corrected chi connectivity index (χ2v) is 5.19. The number of aromatic amines is 1. The summed E-state index contributed by atoms with van der Waals surface area (Å²) in [7, 11) is -2.41. The Morgan fingerprint density at radius 3 is 2.21 bits per heavy atom. The third-order valence-corrected chi connectivity index (χ3v) is 3.43. The molecule has 0 aliphatic heterocycles. The van der Waals surface area contributed by atoms with Gasteiger partial charge in [0.2, 0.25) is 0 Å². The van der Waals surface area contributed by atoms with Gasteiger partial charge in [0, 0.05) is 11.7 Å². The van der Waals surface area contributed by atoms with Crippen molar-refractivity contribution in [1.29, 1.82) is 0 Å². The van der Waals surface area contributed by atoms with E-state index in [0.29, 0.717) is 4.90 Å². The molecule has 98 valence electrons. The molecule has 0 saturated heterocycles. The minimum absolute atomic E-state index is 0.376. The smallest absolute Gasteiger partial charge is 0.168 e. The number of H-pyrrole nitrogens is 1. The summed E-state index contributed by atoms with van der Waals surface area (Å²) in [4.78, 5) is 3.50. The zero-order valence-corrected chi connectivity index (χ0v) is 11.4. The maximum absolute atomic E-state index is 10.3. The normalized spacial score (nSPS) is 10.2. The van der Waals surface area contributed by atoms with E-state index in [4.69, 9.17) is 0 Å². The van der Waals surface area contributed by atoms with Crippen LogP contribution in [0.15, 0.2) is 65.7 Å². The molecule has 0 bridgehead atoms. The molecule has 0 atom stereocenters. The monoisotopic (exact) mass is 273 g/mol. The molecule has 3 nitrogen and oxygen atoms in total. The number of thiol groups is 1. The first-order chi connectivity index (χ1) is 9.16. The highest BCUT2D eigenvalue weighted by Gasteiger charge is 1.90. The predicted octanol–water partition coefficient (Wildman–Crippen LogP) is 3.13. The minimum atomic E-state index is -2.41. The lowest BCUT2D eigenvalue weighted by molar-refractivity contribution is 0.614. The van der Waals surface area contributed by atoms with Gasteiger partial charge in [0.1, 0.15) is 0 Å². The van der Waals surface area contributed by atoms with Gasteiger partial charge in [-0.25, -0.2) is 8.42 Å². The van der Waals surface area contributed by atoms with E-state index in [2.05, 4.69) is 23.2 Å². The molecule has 0 radical (unpaired) electrons. The van der Waals surface area contributed by atoms with Crippen LogP contribution in [0.4, 0.5) is 0 Å². The van der Waals surface area contributed by atoms with Gasteiger partial charge in [-0.05, 0) is 36.6 Å². The number of benzene rings is 2. The first-order valence-electron chi connectivity index (χ1n) is 5.90. The van der Waals surface area contributed by atoms with E-state index in [1.165, 1.54) is 10.9 Å². The summed E-state index contributed by atoms with van der Waals surface area (Å²) in [6.07, 6.45) is 1.95. The van der Waals surface area contributed by atoms with Crippen molar-refractivity contribution in [1.82, 2.24) is 4.98 Å². The first-order valence-corrected chi connectivity index (χ1v) is 7.08. The van der Waals surface area contributed by atoms with Gasteiger partial charge in [-0.3, -0.25) is 0 Å². The molecule has 1 aromatic heterocycles. The van der Waals surface area contributed by atoms with Crippen molar-refractivity contribution in [3.8, 4) is 0 Å². The largest absolute Gasteiger partial charge is 0.361 e. The predicted molar refractivity (Wildman–Crippen MR) is 78.1 cm³/mol. The van der Waals surface area contributed by atoms with E-state index >= 15 is 0 Å². The number of nitrogens with one attached hydrogen (secondary N) is 1. The molecule has 3 aromatic rings. The van der Waals surface area contributed by atoms with Crippen LogP contribution in [0, 0.1) is 6.92 Å². The molecule has 19 heavy (non-hydrogen) atoms. The standard InChI is InChI=1S/C8H7N.C7H8O2S/c1-2-4-8-7(3-1)5-6-9-8;1-6-2-4-7(5-3-6)10(8)9/h1-6,9H;2-5,10H,1H3. The summed E-state index contributed by atoms with van der Waals surface area (Å²) in [6, 6.07) is 17.0. The van der Waals surface area contributed by atoms with Crippen LogP contribution < -0.4 is 0 Å². The molecule has 0 fully saturated rings. The Morgan fingerprint density at radius 1 is 0.895 bits per heavy atom. The van der Waals surface area contributed by atoms with Gasteiger partial charge < -0.3 is 4.98 Å². The van der Waals surface area contributed by atoms with Crippen LogP contribution >= 0.6 is 0 Å². The average molecular weight is 273 g/mol. The topological polar surface area (TPSA) is 49.9 Å². The molecule has 1 N–H and O–H groups in total. The zero-order valence-electron chi connectivity index (χ0n) is 10.5. The maximum atomic E-state index is 10.3. The molecule has 0 unspecified atom stereocenters. The zero-order chi connectivity index (χ0) is 13.7. The van der Waals surface area contributed by atoms with Crippen molar-refractivity contribution in [2.24, 2.45) is 0 Å². The quantitative estimate of drug-likeness (QED) is 0.669. The van der Waals surface area contributed by atoms with E-state index < -0.39 is 10.7 Å². The number of fused-ring (bicyclic) bond motifs is 1. The van der Waals surface area contributed by atoms with E-state index in [1.54, 1.807) is 24.3 Å². The summed E-state index contributed by atoms with van der Waals surface area (Å²) in [5.41, 5.74) is 2.28. The molecule has 0 aliphatic carbocycles. The van der Waals surface area contributed by atoms with Crippen molar-refractivity contribution < 1.29 is 8.42 Å². The fourth-order valence-electron chi connectivity index (χ4n) is 1.66. The number of para-hydroxylation sites is 1. The highest BCUT2D eigenvalue weighted by molar-refractivity contribution is 7.72. The maximum Gasteiger partial charge on any atom is 0.168 e. The van der Waals surface area contributed by atoms with Gasteiger partial charge in [0.05, 0.1) is 4.90 Å². The molecule has 0 spiro atoms. The Hall–Kier alpha value is -2.07. The Morgan fingerprint density at radius 2 is 1.58 bits per heavy atom. The third kappa shape index (κ3) is 3.69. The fourth-order valence-corrected chi connectivity index (χ4v) is 2.05. The molecular formula is C15H15NO2S. The highest BCUT2D eigenvalue weighted by Crippen LogP contribution is 2.09. The van der Waals surface area contributed by atoms with Gasteiger partial charge in [-0.1, -0.05) is 35.9 Å². The number of hydrogen-bond acceptors (Lipinski definition) is 2. The van der Waals surface area contributed by atoms with Crippen LogP contribution in [0.2, 0.25) is 0 Å². The highest BCUT2D eigenvalue weighted by atomic mass is 32.2. The fraction of sp³-hybridized carbons (Fsp3) is 0.0667. The van der Waals surface area contributed by atoms with Crippen LogP contribution in [0.1, 0.15) is 5.56 Å². The molecular weight excluding hydrogens is 258 g/mol. The summed E-state index contributed by atoms with van der Waals surface area (Å²) in [5.74, 6) is 0. The van der Waals surface area contributed by atoms with E-state index in [9.17, 15) is 8.42 Å². The molecule has 0 saturated carbocycles. The lowest BCUT2D eigenvalue weighted by Crippen LogP contribution is -1.78. The molecule has 0 amide bonds. The minimum Gasteiger partial charge on any atom is -0.361 e. The molecule has 4 heteroatoms. The van der Waals surface area contributed by atoms with Gasteiger partial charge in [-0.15, -0.1) is 0 Å². The second kappa shape index (κ2) is 6.20. The summed E-state index contributed by atoms with van der Waals surface area (Å²) < 4.78 is 20.7. The second-order valence-electron chi connectivity index (χ2n) is 4.16. The van der Waals surface area contributed by atoms with Crippen molar-refractivity contribution >= 4 is 21.6 Å². The Labute approximate surface area is 113 Å². The van der Waals surface area contributed by atoms with Gasteiger partial charge in [0.25, 0.3) is 0 Å². The molecule has 3 rings (SSSR count). The number of rotatable bonds is 1. The third-order valence-electron chi connectivity index (χ3n) is 2.71. The average Bonchev–Trinajstić information content (AvgIpc) is 2.88. The van der Waals surface area contributed by atoms with Crippen LogP contribution in [-0.4, -0.2) is 13.4 Å². The molecule has 2 aromatic carbocycles. The Kier molecular flexibility index (Phi) is 4.36. The van der Waals surface area contributed by atoms with E-state index in [0.717, 1.165) is 5.56 Å². The van der Waals surface area contributed by atoms with Crippen LogP contribution in [-0.2, 0) is 10.7 Å². The van der Waals surface area contributed by atoms with Crippen LogP contribution in [0.3, 0.4) is 0 Å². The van der Waals surface area contributed by atoms with E-state index in [-0.39, 0.29) is 0 Å². The Bertz CT molecular complexity index is 689. The lowest BCUT2D eigenvalue weighted by atomic mass is 10.2. The van der Waals surface area contributed by atoms with E-state index in [1.807, 2.05) is 25.3 Å². The first kappa shape index (κ1) is 13.4. The molecule has 0 aliphatic rings. The van der Waals surface area contributed by atoms with Crippen LogP contribution in [0.25, 0.3) is 10.9 Å². The summed E-state index contributed by atoms with van der Waals surface area (Å²) in [5, 5.41) is 1.28.